The van der Waals surface area contributed by atoms with Crippen molar-refractivity contribution in [2.45, 2.75) is 76.0 Å². The highest BCUT2D eigenvalue weighted by Crippen LogP contribution is 2.84. The molecule has 0 aromatic carbocycles. The number of rotatable bonds is 0. The molecule has 3 N–H and O–H groups in total. The van der Waals surface area contributed by atoms with Crippen LogP contribution in [-0.2, 0) is 33.3 Å². The van der Waals surface area contributed by atoms with Crippen LogP contribution in [0, 0.1) is 28.1 Å². The molecule has 10 heteroatoms. The van der Waals surface area contributed by atoms with Gasteiger partial charge in [-0.05, 0) is 24.7 Å². The van der Waals surface area contributed by atoms with E-state index in [1.54, 1.807) is 0 Å². The number of carbonyl (C=O) groups excluding carboxylic acids is 3. The summed E-state index contributed by atoms with van der Waals surface area (Å²) in [6, 6.07) is 0. The van der Waals surface area contributed by atoms with Gasteiger partial charge in [-0.15, -0.1) is 0 Å². The van der Waals surface area contributed by atoms with Gasteiger partial charge in [0.1, 0.15) is 12.2 Å². The van der Waals surface area contributed by atoms with Crippen molar-refractivity contribution in [3.05, 3.63) is 0 Å². The first-order valence-electron chi connectivity index (χ1n) is 10.2. The number of carbonyl (C=O) groups is 3. The molecule has 164 valence electrons. The van der Waals surface area contributed by atoms with Crippen molar-refractivity contribution in [3.8, 4) is 0 Å². The van der Waals surface area contributed by atoms with Crippen molar-refractivity contribution in [1.82, 2.24) is 0 Å². The van der Waals surface area contributed by atoms with Crippen molar-refractivity contribution in [3.63, 3.8) is 0 Å². The second-order valence-electron chi connectivity index (χ2n) is 10.7. The maximum Gasteiger partial charge on any atom is 0.343 e. The van der Waals surface area contributed by atoms with Crippen LogP contribution in [0.3, 0.4) is 0 Å². The van der Waals surface area contributed by atoms with Gasteiger partial charge in [0.2, 0.25) is 11.9 Å². The standard InChI is InChI=1S/C20H24O10/c1-6-12(23)28-11-9(21)18-8-5-7(16(2,3)4)17(18)10(22)13(24)29-15(17)30-20(18,14(25)27-8)19(6,11)26/h6-11,15,21-22,26H,5H2,1-4H3/t6?,7?,8?,9?,10?,11?,15?,17-,18-,19+,20+/m0/s1. The third kappa shape index (κ3) is 1.33. The van der Waals surface area contributed by atoms with E-state index >= 15 is 0 Å². The Bertz CT molecular complexity index is 925. The Kier molecular flexibility index (Phi) is 2.97. The number of hydrogen-bond donors (Lipinski definition) is 3. The number of fused-ring (bicyclic) bond motifs is 1. The molecule has 7 unspecified atom stereocenters. The van der Waals surface area contributed by atoms with Crippen molar-refractivity contribution in [2.24, 2.45) is 28.1 Å². The van der Waals surface area contributed by atoms with Crippen LogP contribution in [0.2, 0.25) is 0 Å². The van der Waals surface area contributed by atoms with Gasteiger partial charge >= 0.3 is 17.9 Å². The molecule has 0 aromatic heterocycles. The van der Waals surface area contributed by atoms with E-state index < -0.39 is 87.9 Å². The van der Waals surface area contributed by atoms with Crippen LogP contribution < -0.4 is 0 Å². The van der Waals surface area contributed by atoms with Crippen molar-refractivity contribution in [2.75, 3.05) is 0 Å². The summed E-state index contributed by atoms with van der Waals surface area (Å²) >= 11 is 0. The van der Waals surface area contributed by atoms with Gasteiger partial charge in [-0.3, -0.25) is 4.79 Å². The molecule has 0 bridgehead atoms. The Hall–Kier alpha value is -1.75. The van der Waals surface area contributed by atoms with E-state index in [4.69, 9.17) is 18.9 Å². The van der Waals surface area contributed by atoms with E-state index in [0.717, 1.165) is 0 Å². The summed E-state index contributed by atoms with van der Waals surface area (Å²) in [5.74, 6) is -4.32. The molecule has 2 saturated carbocycles. The molecular weight excluding hydrogens is 400 g/mol. The highest BCUT2D eigenvalue weighted by Gasteiger charge is 3.03. The zero-order valence-electron chi connectivity index (χ0n) is 16.9. The van der Waals surface area contributed by atoms with Gasteiger partial charge in [-0.2, -0.15) is 0 Å². The number of ether oxygens (including phenoxy) is 4. The summed E-state index contributed by atoms with van der Waals surface area (Å²) < 4.78 is 22.5. The second kappa shape index (κ2) is 4.69. The summed E-state index contributed by atoms with van der Waals surface area (Å²) in [5.41, 5.74) is -8.26. The highest BCUT2D eigenvalue weighted by molar-refractivity contribution is 5.94. The Morgan fingerprint density at radius 1 is 1.03 bits per heavy atom. The number of aliphatic hydroxyl groups is 3. The molecule has 6 aliphatic rings. The minimum atomic E-state index is -2.24. The zero-order valence-corrected chi connectivity index (χ0v) is 16.9. The van der Waals surface area contributed by atoms with E-state index in [1.807, 2.05) is 20.8 Å². The molecule has 30 heavy (non-hydrogen) atoms. The van der Waals surface area contributed by atoms with Crippen LogP contribution in [0.15, 0.2) is 0 Å². The summed E-state index contributed by atoms with van der Waals surface area (Å²) in [7, 11) is 0. The first-order chi connectivity index (χ1) is 13.8. The molecule has 11 atom stereocenters. The van der Waals surface area contributed by atoms with E-state index in [1.165, 1.54) is 6.92 Å². The minimum Gasteiger partial charge on any atom is -0.459 e. The van der Waals surface area contributed by atoms with Crippen LogP contribution in [-0.4, -0.2) is 75.1 Å². The van der Waals surface area contributed by atoms with Gasteiger partial charge in [0.25, 0.3) is 0 Å². The number of aliphatic hydroxyl groups excluding tert-OH is 2. The largest absolute Gasteiger partial charge is 0.459 e. The van der Waals surface area contributed by atoms with Crippen LogP contribution >= 0.6 is 0 Å². The van der Waals surface area contributed by atoms with Gasteiger partial charge < -0.3 is 34.3 Å². The first kappa shape index (κ1) is 19.0. The molecule has 4 heterocycles. The molecule has 6 rings (SSSR count). The van der Waals surface area contributed by atoms with E-state index in [2.05, 4.69) is 0 Å². The maximum atomic E-state index is 13.4. The van der Waals surface area contributed by atoms with E-state index in [0.29, 0.717) is 0 Å². The van der Waals surface area contributed by atoms with E-state index in [9.17, 15) is 29.7 Å². The predicted molar refractivity (Wildman–Crippen MR) is 92.0 cm³/mol. The molecule has 0 amide bonds. The fourth-order valence-corrected chi connectivity index (χ4v) is 8.12. The smallest absolute Gasteiger partial charge is 0.343 e. The SMILES string of the molecule is CC1C(=O)OC2C(O)[C@@]34C5CC(C(C)(C)C)[C@]36C(OC(=O)C6O)O[C@@]4(C(=O)O5)[C@@]12O. The number of esters is 3. The summed E-state index contributed by atoms with van der Waals surface area (Å²) in [4.78, 5) is 38.2. The Labute approximate surface area is 171 Å². The zero-order chi connectivity index (χ0) is 21.8. The normalized spacial score (nSPS) is 60.1. The molecule has 0 radical (unpaired) electrons. The average molecular weight is 424 g/mol. The Morgan fingerprint density at radius 2 is 1.70 bits per heavy atom. The topological polar surface area (TPSA) is 149 Å². The summed E-state index contributed by atoms with van der Waals surface area (Å²) in [6.45, 7) is 7.14. The monoisotopic (exact) mass is 424 g/mol. The molecule has 2 spiro atoms. The molecule has 0 aromatic rings. The fourth-order valence-electron chi connectivity index (χ4n) is 8.12. The van der Waals surface area contributed by atoms with Crippen LogP contribution in [0.25, 0.3) is 0 Å². The van der Waals surface area contributed by atoms with Crippen LogP contribution in [0.1, 0.15) is 34.1 Å². The fraction of sp³-hybridized carbons (Fsp3) is 0.850. The highest BCUT2D eigenvalue weighted by atomic mass is 16.8. The molecular formula is C20H24O10. The lowest BCUT2D eigenvalue weighted by atomic mass is 9.51. The Balaban J connectivity index is 1.72. The molecule has 6 fully saturated rings. The van der Waals surface area contributed by atoms with Crippen molar-refractivity contribution >= 4 is 17.9 Å². The quantitative estimate of drug-likeness (QED) is 0.314. The molecule has 4 saturated heterocycles. The van der Waals surface area contributed by atoms with Gasteiger partial charge in [0, 0.05) is 0 Å². The first-order valence-corrected chi connectivity index (χ1v) is 10.2. The second-order valence-corrected chi connectivity index (χ2v) is 10.7. The average Bonchev–Trinajstić information content (AvgIpc) is 3.35. The molecule has 4 aliphatic heterocycles. The lowest BCUT2D eigenvalue weighted by molar-refractivity contribution is -0.239. The van der Waals surface area contributed by atoms with Gasteiger partial charge in [-0.1, -0.05) is 20.8 Å². The maximum absolute atomic E-state index is 13.4. The summed E-state index contributed by atoms with van der Waals surface area (Å²) in [5, 5.41) is 34.7. The minimum absolute atomic E-state index is 0.229. The van der Waals surface area contributed by atoms with E-state index in [-0.39, 0.29) is 6.42 Å². The molecule has 2 aliphatic carbocycles. The number of hydrogen-bond acceptors (Lipinski definition) is 10. The van der Waals surface area contributed by atoms with Gasteiger partial charge in [0.05, 0.1) is 16.7 Å². The third-order valence-electron chi connectivity index (χ3n) is 9.00. The van der Waals surface area contributed by atoms with Crippen LogP contribution in [0.4, 0.5) is 0 Å². The summed E-state index contributed by atoms with van der Waals surface area (Å²) in [6.07, 6.45) is -6.91. The van der Waals surface area contributed by atoms with Gasteiger partial charge in [0.15, 0.2) is 17.8 Å². The third-order valence-corrected chi connectivity index (χ3v) is 9.00. The lowest BCUT2D eigenvalue weighted by Crippen LogP contribution is -2.67. The van der Waals surface area contributed by atoms with Gasteiger partial charge in [-0.25, -0.2) is 9.59 Å². The predicted octanol–water partition coefficient (Wildman–Crippen LogP) is -1.37. The van der Waals surface area contributed by atoms with Crippen molar-refractivity contribution < 1.29 is 48.7 Å². The van der Waals surface area contributed by atoms with Crippen LogP contribution in [0.5, 0.6) is 0 Å². The lowest BCUT2D eigenvalue weighted by Gasteiger charge is -2.47. The van der Waals surface area contributed by atoms with Crippen molar-refractivity contribution in [1.29, 1.82) is 0 Å². The Morgan fingerprint density at radius 3 is 2.33 bits per heavy atom. The molecule has 10 nitrogen and oxygen atoms in total.